The van der Waals surface area contributed by atoms with E-state index in [2.05, 4.69) is 26.6 Å². The van der Waals surface area contributed by atoms with Crippen molar-refractivity contribution in [2.45, 2.75) is 12.8 Å². The molecule has 0 aliphatic carbocycles. The van der Waals surface area contributed by atoms with Gasteiger partial charge in [0, 0.05) is 29.8 Å². The van der Waals surface area contributed by atoms with Crippen LogP contribution in [0.3, 0.4) is 0 Å². The summed E-state index contributed by atoms with van der Waals surface area (Å²) in [6.07, 6.45) is 0.878. The summed E-state index contributed by atoms with van der Waals surface area (Å²) < 4.78 is 5.26. The Balaban J connectivity index is 1.06. The largest absolute Gasteiger partial charge is 0.417 e. The van der Waals surface area contributed by atoms with Crippen LogP contribution in [0.5, 0.6) is 5.75 Å². The van der Waals surface area contributed by atoms with E-state index in [-0.39, 0.29) is 12.1 Å². The summed E-state index contributed by atoms with van der Waals surface area (Å²) in [6.45, 7) is 0. The molecule has 5 aromatic carbocycles. The molecule has 0 bridgehead atoms. The lowest BCUT2D eigenvalue weighted by Crippen LogP contribution is -2.24. The molecular weight excluding hydrogens is 566 g/mol. The molecule has 0 saturated heterocycles. The number of carbonyl (C=O) groups excluding carboxylic acids is 3. The first-order valence-electron chi connectivity index (χ1n) is 14.4. The van der Waals surface area contributed by atoms with Gasteiger partial charge in [0.15, 0.2) is 0 Å². The van der Waals surface area contributed by atoms with Gasteiger partial charge in [0.1, 0.15) is 5.75 Å². The van der Waals surface area contributed by atoms with Crippen molar-refractivity contribution in [1.82, 2.24) is 5.32 Å². The summed E-state index contributed by atoms with van der Waals surface area (Å²) in [5.74, 6) is 0.477. The number of carbonyl (C=O) groups is 3. The molecule has 0 unspecified atom stereocenters. The van der Waals surface area contributed by atoms with Gasteiger partial charge in [-0.2, -0.15) is 0 Å². The minimum atomic E-state index is -0.546. The third-order valence-electron chi connectivity index (χ3n) is 6.83. The summed E-state index contributed by atoms with van der Waals surface area (Å²) in [6, 6.07) is 38.9. The highest BCUT2D eigenvalue weighted by atomic mass is 16.6. The molecule has 0 saturated carbocycles. The quantitative estimate of drug-likeness (QED) is 0.118. The van der Waals surface area contributed by atoms with E-state index in [1.54, 1.807) is 31.3 Å². The second kappa shape index (κ2) is 14.9. The van der Waals surface area contributed by atoms with Crippen LogP contribution >= 0.6 is 0 Å². The molecule has 0 heterocycles. The topological polar surface area (TPSA) is 121 Å². The van der Waals surface area contributed by atoms with Crippen LogP contribution in [0.15, 0.2) is 127 Å². The van der Waals surface area contributed by atoms with Gasteiger partial charge >= 0.3 is 18.2 Å². The van der Waals surface area contributed by atoms with Gasteiger partial charge in [-0.25, -0.2) is 14.4 Å². The van der Waals surface area contributed by atoms with Crippen molar-refractivity contribution >= 4 is 40.9 Å². The molecule has 0 aliphatic rings. The zero-order valence-electron chi connectivity index (χ0n) is 24.7. The number of hydrogen-bond acceptors (Lipinski definition) is 4. The second-order valence-electron chi connectivity index (χ2n) is 10.3. The van der Waals surface area contributed by atoms with Crippen LogP contribution in [0.4, 0.5) is 37.1 Å². The first-order valence-corrected chi connectivity index (χ1v) is 14.4. The van der Waals surface area contributed by atoms with Gasteiger partial charge in [0.2, 0.25) is 0 Å². The normalized spacial score (nSPS) is 10.3. The molecule has 9 nitrogen and oxygen atoms in total. The van der Waals surface area contributed by atoms with Crippen LogP contribution in [-0.2, 0) is 12.8 Å². The van der Waals surface area contributed by atoms with Gasteiger partial charge in [-0.15, -0.1) is 0 Å². The fourth-order valence-corrected chi connectivity index (χ4v) is 4.52. The monoisotopic (exact) mass is 599 g/mol. The predicted molar refractivity (Wildman–Crippen MR) is 178 cm³/mol. The number of amides is 5. The van der Waals surface area contributed by atoms with Crippen molar-refractivity contribution in [2.75, 3.05) is 28.3 Å². The SMILES string of the molecule is CNC(=O)Nc1ccc(Cc2ccc(NC(=O)Nc3ccc(Cc4ccc(NC(=O)Oc5ccccc5)cc4)cc3)cc2)cc1. The molecule has 45 heavy (non-hydrogen) atoms. The number of anilines is 4. The highest BCUT2D eigenvalue weighted by Gasteiger charge is 2.07. The Morgan fingerprint density at radius 3 is 1.20 bits per heavy atom. The number of ether oxygens (including phenoxy) is 1. The molecular formula is C36H33N5O4. The van der Waals surface area contributed by atoms with E-state index in [0.29, 0.717) is 29.2 Å². The van der Waals surface area contributed by atoms with Crippen LogP contribution in [0.25, 0.3) is 0 Å². The fraction of sp³-hybridized carbons (Fsp3) is 0.0833. The minimum Gasteiger partial charge on any atom is -0.410 e. The van der Waals surface area contributed by atoms with E-state index < -0.39 is 6.09 Å². The van der Waals surface area contributed by atoms with Crippen LogP contribution in [0, 0.1) is 0 Å². The van der Waals surface area contributed by atoms with Crippen LogP contribution in [0.2, 0.25) is 0 Å². The zero-order valence-corrected chi connectivity index (χ0v) is 24.7. The number of para-hydroxylation sites is 1. The van der Waals surface area contributed by atoms with Crippen molar-refractivity contribution in [3.8, 4) is 5.75 Å². The summed E-state index contributed by atoms with van der Waals surface area (Å²) in [5.41, 5.74) is 7.09. The second-order valence-corrected chi connectivity index (χ2v) is 10.3. The smallest absolute Gasteiger partial charge is 0.410 e. The zero-order chi connectivity index (χ0) is 31.4. The summed E-state index contributed by atoms with van der Waals surface area (Å²) in [4.78, 5) is 36.1. The molecule has 0 spiro atoms. The van der Waals surface area contributed by atoms with Gasteiger partial charge in [-0.1, -0.05) is 66.7 Å². The minimum absolute atomic E-state index is 0.259. The van der Waals surface area contributed by atoms with Gasteiger partial charge in [-0.3, -0.25) is 5.32 Å². The lowest BCUT2D eigenvalue weighted by molar-refractivity contribution is 0.215. The third-order valence-corrected chi connectivity index (χ3v) is 6.83. The van der Waals surface area contributed by atoms with Gasteiger partial charge in [0.05, 0.1) is 0 Å². The van der Waals surface area contributed by atoms with E-state index in [1.165, 1.54) is 0 Å². The highest BCUT2D eigenvalue weighted by Crippen LogP contribution is 2.19. The van der Waals surface area contributed by atoms with Gasteiger partial charge in [-0.05, 0) is 95.8 Å². The maximum Gasteiger partial charge on any atom is 0.417 e. The van der Waals surface area contributed by atoms with E-state index in [9.17, 15) is 14.4 Å². The lowest BCUT2D eigenvalue weighted by Gasteiger charge is -2.10. The molecule has 0 fully saturated rings. The van der Waals surface area contributed by atoms with Gasteiger partial charge < -0.3 is 26.0 Å². The number of rotatable bonds is 9. The van der Waals surface area contributed by atoms with Crippen molar-refractivity contribution in [2.24, 2.45) is 0 Å². The lowest BCUT2D eigenvalue weighted by atomic mass is 10.0. The van der Waals surface area contributed by atoms with Crippen LogP contribution in [-0.4, -0.2) is 25.2 Å². The van der Waals surface area contributed by atoms with Crippen molar-refractivity contribution in [3.05, 3.63) is 150 Å². The predicted octanol–water partition coefficient (Wildman–Crippen LogP) is 7.87. The number of nitrogens with one attached hydrogen (secondary N) is 5. The average molecular weight is 600 g/mol. The highest BCUT2D eigenvalue weighted by molar-refractivity contribution is 5.99. The molecule has 5 rings (SSSR count). The summed E-state index contributed by atoms with van der Waals surface area (Å²) in [5, 5.41) is 13.7. The molecule has 0 radical (unpaired) electrons. The molecule has 0 atom stereocenters. The Kier molecular flexibility index (Phi) is 10.0. The molecule has 9 heteroatoms. The summed E-state index contributed by atoms with van der Waals surface area (Å²) >= 11 is 0. The third kappa shape index (κ3) is 9.45. The van der Waals surface area contributed by atoms with E-state index >= 15 is 0 Å². The maximum absolute atomic E-state index is 12.6. The number of benzene rings is 5. The first-order chi connectivity index (χ1) is 21.9. The molecule has 5 aromatic rings. The molecule has 0 aliphatic heterocycles. The Hall–Kier alpha value is -6.09. The number of hydrogen-bond donors (Lipinski definition) is 5. The Bertz CT molecular complexity index is 1720. The molecule has 5 N–H and O–H groups in total. The Morgan fingerprint density at radius 1 is 0.467 bits per heavy atom. The van der Waals surface area contributed by atoms with E-state index in [4.69, 9.17) is 4.74 Å². The van der Waals surface area contributed by atoms with Crippen molar-refractivity contribution < 1.29 is 19.1 Å². The standard InChI is InChI=1S/C36H33N5O4/c1-37-34(42)38-29-15-7-25(8-16-29)23-26-9-17-30(18-10-26)39-35(43)40-31-19-11-27(12-20-31)24-28-13-21-32(22-14-28)41-36(44)45-33-5-3-2-4-6-33/h2-22H,23-24H2,1H3,(H,41,44)(H2,37,38,42)(H2,39,40,43). The summed E-state index contributed by atoms with van der Waals surface area (Å²) in [7, 11) is 1.57. The Morgan fingerprint density at radius 2 is 0.822 bits per heavy atom. The fourth-order valence-electron chi connectivity index (χ4n) is 4.52. The van der Waals surface area contributed by atoms with Crippen LogP contribution < -0.4 is 31.3 Å². The van der Waals surface area contributed by atoms with Crippen molar-refractivity contribution in [3.63, 3.8) is 0 Å². The van der Waals surface area contributed by atoms with Crippen molar-refractivity contribution in [1.29, 1.82) is 0 Å². The first kappa shape index (κ1) is 30.4. The molecule has 0 aromatic heterocycles. The number of urea groups is 2. The van der Waals surface area contributed by atoms with E-state index in [1.807, 2.05) is 103 Å². The Labute approximate surface area is 261 Å². The maximum atomic E-state index is 12.6. The van der Waals surface area contributed by atoms with Gasteiger partial charge in [0.25, 0.3) is 0 Å². The molecule has 226 valence electrons. The molecule has 5 amide bonds. The van der Waals surface area contributed by atoms with Crippen LogP contribution in [0.1, 0.15) is 22.3 Å². The van der Waals surface area contributed by atoms with E-state index in [0.717, 1.165) is 34.4 Å². The average Bonchev–Trinajstić information content (AvgIpc) is 3.05.